The first-order chi connectivity index (χ1) is 5.27. The zero-order valence-corrected chi connectivity index (χ0v) is 6.75. The molecule has 4 heteroatoms. The van der Waals surface area contributed by atoms with Crippen LogP contribution < -0.4 is 5.32 Å². The van der Waals surface area contributed by atoms with Crippen molar-refractivity contribution in [3.05, 3.63) is 22.5 Å². The lowest BCUT2D eigenvalue weighted by atomic mass is 10.2. The Kier molecular flexibility index (Phi) is 6.37. The van der Waals surface area contributed by atoms with E-state index < -0.39 is 4.92 Å². The maximum Gasteiger partial charge on any atom is 0.249 e. The summed E-state index contributed by atoms with van der Waals surface area (Å²) in [6.45, 7) is 2.94. The molecule has 0 radical (unpaired) electrons. The van der Waals surface area contributed by atoms with Crippen LogP contribution in [0.4, 0.5) is 0 Å². The van der Waals surface area contributed by atoms with Crippen molar-refractivity contribution >= 4 is 0 Å². The minimum Gasteiger partial charge on any atom is -0.386 e. The smallest absolute Gasteiger partial charge is 0.249 e. The highest BCUT2D eigenvalue weighted by Crippen LogP contribution is 1.90. The summed E-state index contributed by atoms with van der Waals surface area (Å²) in [6.07, 6.45) is 5.68. The van der Waals surface area contributed by atoms with E-state index in [0.717, 1.165) is 19.2 Å². The highest BCUT2D eigenvalue weighted by Gasteiger charge is 1.84. The summed E-state index contributed by atoms with van der Waals surface area (Å²) in [6, 6.07) is 0. The van der Waals surface area contributed by atoms with E-state index in [0.29, 0.717) is 0 Å². The van der Waals surface area contributed by atoms with Gasteiger partial charge in [0.15, 0.2) is 0 Å². The molecule has 0 saturated carbocycles. The normalized spacial score (nSPS) is 10.3. The number of nitrogens with one attached hydrogen (secondary N) is 1. The molecule has 64 valence electrons. The predicted octanol–water partition coefficient (Wildman–Crippen LogP) is 1.51. The lowest BCUT2D eigenvalue weighted by molar-refractivity contribution is -0.402. The summed E-state index contributed by atoms with van der Waals surface area (Å²) in [4.78, 5) is 9.29. The third-order valence-corrected chi connectivity index (χ3v) is 1.24. The summed E-state index contributed by atoms with van der Waals surface area (Å²) in [5.74, 6) is 0. The Labute approximate surface area is 66.4 Å². The first-order valence-corrected chi connectivity index (χ1v) is 3.81. The van der Waals surface area contributed by atoms with Gasteiger partial charge in [0.05, 0.1) is 11.1 Å². The van der Waals surface area contributed by atoms with E-state index in [2.05, 4.69) is 12.2 Å². The molecule has 0 aromatic carbocycles. The lowest BCUT2D eigenvalue weighted by Gasteiger charge is -1.96. The molecule has 0 saturated heterocycles. The molecule has 1 N–H and O–H groups in total. The van der Waals surface area contributed by atoms with Gasteiger partial charge in [0.2, 0.25) is 6.20 Å². The molecule has 0 atom stereocenters. The zero-order valence-electron chi connectivity index (χ0n) is 6.75. The van der Waals surface area contributed by atoms with Gasteiger partial charge >= 0.3 is 0 Å². The molecular formula is C7H14N2O2. The van der Waals surface area contributed by atoms with E-state index in [9.17, 15) is 10.1 Å². The van der Waals surface area contributed by atoms with Crippen LogP contribution in [0.3, 0.4) is 0 Å². The second kappa shape index (κ2) is 7.05. The maximum absolute atomic E-state index is 9.77. The maximum atomic E-state index is 9.77. The average Bonchev–Trinajstić information content (AvgIpc) is 1.96. The van der Waals surface area contributed by atoms with Gasteiger partial charge in [-0.25, -0.2) is 0 Å². The van der Waals surface area contributed by atoms with Crippen molar-refractivity contribution < 1.29 is 4.92 Å². The van der Waals surface area contributed by atoms with E-state index in [1.54, 1.807) is 0 Å². The van der Waals surface area contributed by atoms with Crippen LogP contribution in [0.15, 0.2) is 12.4 Å². The summed E-state index contributed by atoms with van der Waals surface area (Å²) in [7, 11) is 0. The quantitative estimate of drug-likeness (QED) is 0.362. The minimum atomic E-state index is -0.479. The van der Waals surface area contributed by atoms with Gasteiger partial charge in [-0.15, -0.1) is 0 Å². The lowest BCUT2D eigenvalue weighted by Crippen LogP contribution is -2.07. The van der Waals surface area contributed by atoms with Crippen LogP contribution >= 0.6 is 0 Å². The molecule has 0 aliphatic carbocycles. The third-order valence-electron chi connectivity index (χ3n) is 1.24. The van der Waals surface area contributed by atoms with Crippen LogP contribution in [0.2, 0.25) is 0 Å². The van der Waals surface area contributed by atoms with Crippen molar-refractivity contribution in [2.24, 2.45) is 0 Å². The number of nitrogens with zero attached hydrogens (tertiary/aromatic N) is 1. The highest BCUT2D eigenvalue weighted by atomic mass is 16.6. The van der Waals surface area contributed by atoms with Gasteiger partial charge in [-0.3, -0.25) is 10.1 Å². The summed E-state index contributed by atoms with van der Waals surface area (Å²) >= 11 is 0. The first-order valence-electron chi connectivity index (χ1n) is 3.81. The highest BCUT2D eigenvalue weighted by molar-refractivity contribution is 4.68. The fraction of sp³-hybridized carbons (Fsp3) is 0.714. The Morgan fingerprint density at radius 2 is 2.27 bits per heavy atom. The van der Waals surface area contributed by atoms with Crippen LogP contribution in [-0.4, -0.2) is 11.5 Å². The molecule has 0 aromatic heterocycles. The molecule has 0 spiro atoms. The van der Waals surface area contributed by atoms with Gasteiger partial charge in [-0.2, -0.15) is 0 Å². The van der Waals surface area contributed by atoms with Crippen molar-refractivity contribution in [2.75, 3.05) is 6.54 Å². The molecule has 0 aromatic rings. The van der Waals surface area contributed by atoms with Gasteiger partial charge in [0.25, 0.3) is 0 Å². The molecule has 0 unspecified atom stereocenters. The molecule has 11 heavy (non-hydrogen) atoms. The molecule has 0 aliphatic rings. The Morgan fingerprint density at radius 1 is 1.55 bits per heavy atom. The number of hydrogen-bond acceptors (Lipinski definition) is 3. The second-order valence-corrected chi connectivity index (χ2v) is 2.26. The molecule has 0 bridgehead atoms. The van der Waals surface area contributed by atoms with E-state index >= 15 is 0 Å². The first kappa shape index (κ1) is 9.94. The summed E-state index contributed by atoms with van der Waals surface area (Å²) in [5, 5.41) is 12.6. The number of unbranched alkanes of at least 4 members (excludes halogenated alkanes) is 2. The SMILES string of the molecule is CCCCCNC=C[N+](=O)[O-]. The predicted molar refractivity (Wildman–Crippen MR) is 43.7 cm³/mol. The Bertz CT molecular complexity index is 134. The molecule has 0 amide bonds. The van der Waals surface area contributed by atoms with Crippen LogP contribution in [0.1, 0.15) is 26.2 Å². The molecular weight excluding hydrogens is 144 g/mol. The standard InChI is InChI=1S/C7H14N2O2/c1-2-3-4-5-8-6-7-9(10)11/h6-8H,2-5H2,1H3. The van der Waals surface area contributed by atoms with Gasteiger partial charge < -0.3 is 5.32 Å². The number of hydrogen-bond donors (Lipinski definition) is 1. The Balaban J connectivity index is 3.07. The zero-order chi connectivity index (χ0) is 8.53. The summed E-state index contributed by atoms with van der Waals surface area (Å²) in [5.41, 5.74) is 0. The van der Waals surface area contributed by atoms with Crippen molar-refractivity contribution in [1.82, 2.24) is 5.32 Å². The number of rotatable bonds is 6. The van der Waals surface area contributed by atoms with Gasteiger partial charge in [0.1, 0.15) is 0 Å². The van der Waals surface area contributed by atoms with Gasteiger partial charge in [0, 0.05) is 6.54 Å². The second-order valence-electron chi connectivity index (χ2n) is 2.26. The largest absolute Gasteiger partial charge is 0.386 e. The van der Waals surface area contributed by atoms with Crippen LogP contribution in [0.25, 0.3) is 0 Å². The topological polar surface area (TPSA) is 55.2 Å². The van der Waals surface area contributed by atoms with Gasteiger partial charge in [-0.05, 0) is 6.42 Å². The van der Waals surface area contributed by atoms with E-state index in [-0.39, 0.29) is 0 Å². The van der Waals surface area contributed by atoms with E-state index in [1.165, 1.54) is 19.0 Å². The van der Waals surface area contributed by atoms with Crippen LogP contribution in [0, 0.1) is 10.1 Å². The average molecular weight is 158 g/mol. The molecule has 0 aliphatic heterocycles. The van der Waals surface area contributed by atoms with E-state index in [1.807, 2.05) is 0 Å². The molecule has 0 rings (SSSR count). The molecule has 0 heterocycles. The van der Waals surface area contributed by atoms with Crippen molar-refractivity contribution in [3.8, 4) is 0 Å². The number of nitro groups is 1. The minimum absolute atomic E-state index is 0.479. The van der Waals surface area contributed by atoms with Crippen molar-refractivity contribution in [1.29, 1.82) is 0 Å². The van der Waals surface area contributed by atoms with Crippen molar-refractivity contribution in [2.45, 2.75) is 26.2 Å². The molecule has 4 nitrogen and oxygen atoms in total. The van der Waals surface area contributed by atoms with E-state index in [4.69, 9.17) is 0 Å². The molecule has 0 fully saturated rings. The monoisotopic (exact) mass is 158 g/mol. The van der Waals surface area contributed by atoms with Crippen molar-refractivity contribution in [3.63, 3.8) is 0 Å². The summed E-state index contributed by atoms with van der Waals surface area (Å²) < 4.78 is 0. The fourth-order valence-corrected chi connectivity index (χ4v) is 0.674. The van der Waals surface area contributed by atoms with Crippen LogP contribution in [0.5, 0.6) is 0 Å². The Morgan fingerprint density at radius 3 is 2.82 bits per heavy atom. The third kappa shape index (κ3) is 8.94. The van der Waals surface area contributed by atoms with Gasteiger partial charge in [-0.1, -0.05) is 19.8 Å². The fourth-order valence-electron chi connectivity index (χ4n) is 0.674. The Hall–Kier alpha value is -1.06. The van der Waals surface area contributed by atoms with Crippen LogP contribution in [-0.2, 0) is 0 Å².